The van der Waals surface area contributed by atoms with Crippen LogP contribution in [0.25, 0.3) is 6.08 Å². The summed E-state index contributed by atoms with van der Waals surface area (Å²) in [7, 11) is 0. The summed E-state index contributed by atoms with van der Waals surface area (Å²) >= 11 is 0. The molecular formula is C20H26. The summed E-state index contributed by atoms with van der Waals surface area (Å²) in [6, 6.07) is 8.72. The van der Waals surface area contributed by atoms with Gasteiger partial charge in [0, 0.05) is 5.41 Å². The third-order valence-electron chi connectivity index (χ3n) is 4.29. The van der Waals surface area contributed by atoms with Crippen LogP contribution >= 0.6 is 0 Å². The van der Waals surface area contributed by atoms with Crippen LogP contribution in [0.5, 0.6) is 0 Å². The topological polar surface area (TPSA) is 0 Å². The van der Waals surface area contributed by atoms with E-state index in [4.69, 9.17) is 0 Å². The molecule has 0 radical (unpaired) electrons. The molecule has 106 valence electrons. The van der Waals surface area contributed by atoms with Gasteiger partial charge in [0.2, 0.25) is 0 Å². The maximum Gasteiger partial charge on any atom is 0.0149 e. The van der Waals surface area contributed by atoms with Gasteiger partial charge in [-0.05, 0) is 34.6 Å². The monoisotopic (exact) mass is 266 g/mol. The van der Waals surface area contributed by atoms with Crippen molar-refractivity contribution in [3.8, 4) is 0 Å². The van der Waals surface area contributed by atoms with Gasteiger partial charge >= 0.3 is 0 Å². The lowest BCUT2D eigenvalue weighted by atomic mass is 9.72. The largest absolute Gasteiger partial charge is 0.0835 e. The van der Waals surface area contributed by atoms with Gasteiger partial charge < -0.3 is 0 Å². The zero-order valence-corrected chi connectivity index (χ0v) is 13.6. The molecule has 1 aromatic rings. The van der Waals surface area contributed by atoms with Crippen LogP contribution in [0, 0.1) is 5.41 Å². The van der Waals surface area contributed by atoms with Crippen LogP contribution in [0.15, 0.2) is 53.6 Å². The zero-order chi connectivity index (χ0) is 15.0. The molecule has 0 bridgehead atoms. The standard InChI is InChI=1S/C20H26/c1-7-16-14-17(19(2,3)4)13-12-15-10-8-9-11-18(15)20(16,5)6/h7-14H,1-6H3/b13-12-,16-7-,17-14+. The van der Waals surface area contributed by atoms with Gasteiger partial charge in [-0.15, -0.1) is 0 Å². The molecular weight excluding hydrogens is 240 g/mol. The summed E-state index contributed by atoms with van der Waals surface area (Å²) in [5.74, 6) is 0. The van der Waals surface area contributed by atoms with Crippen molar-refractivity contribution < 1.29 is 0 Å². The first kappa shape index (κ1) is 14.8. The van der Waals surface area contributed by atoms with Crippen molar-refractivity contribution in [3.05, 3.63) is 64.8 Å². The Morgan fingerprint density at radius 1 is 1.00 bits per heavy atom. The molecule has 0 aromatic heterocycles. The molecule has 0 unspecified atom stereocenters. The Kier molecular flexibility index (Phi) is 3.77. The van der Waals surface area contributed by atoms with Gasteiger partial charge in [0.05, 0.1) is 0 Å². The van der Waals surface area contributed by atoms with Gasteiger partial charge in [-0.3, -0.25) is 0 Å². The van der Waals surface area contributed by atoms with E-state index in [-0.39, 0.29) is 10.8 Å². The first-order chi connectivity index (χ1) is 9.26. The van der Waals surface area contributed by atoms with Gasteiger partial charge in [0.1, 0.15) is 0 Å². The Morgan fingerprint density at radius 3 is 2.25 bits per heavy atom. The van der Waals surface area contributed by atoms with Crippen molar-refractivity contribution in [1.82, 2.24) is 0 Å². The Bertz CT molecular complexity index is 587. The van der Waals surface area contributed by atoms with Crippen molar-refractivity contribution in [1.29, 1.82) is 0 Å². The van der Waals surface area contributed by atoms with E-state index in [0.717, 1.165) is 0 Å². The molecule has 0 saturated carbocycles. The molecule has 0 spiro atoms. The predicted octanol–water partition coefficient (Wildman–Crippen LogP) is 5.91. The summed E-state index contributed by atoms with van der Waals surface area (Å²) < 4.78 is 0. The number of fused-ring (bicyclic) bond motifs is 1. The lowest BCUT2D eigenvalue weighted by Crippen LogP contribution is -2.22. The van der Waals surface area contributed by atoms with Crippen molar-refractivity contribution in [3.63, 3.8) is 0 Å². The average Bonchev–Trinajstić information content (AvgIpc) is 2.36. The van der Waals surface area contributed by atoms with Crippen molar-refractivity contribution in [2.75, 3.05) is 0 Å². The van der Waals surface area contributed by atoms with Gasteiger partial charge in [-0.1, -0.05) is 83.2 Å². The fraction of sp³-hybridized carbons (Fsp3) is 0.400. The molecule has 0 amide bonds. The second-order valence-electron chi connectivity index (χ2n) is 7.14. The van der Waals surface area contributed by atoms with E-state index in [2.05, 4.69) is 90.1 Å². The highest BCUT2D eigenvalue weighted by Crippen LogP contribution is 2.39. The molecule has 1 aromatic carbocycles. The van der Waals surface area contributed by atoms with Crippen LogP contribution in [0.4, 0.5) is 0 Å². The van der Waals surface area contributed by atoms with E-state index in [1.54, 1.807) is 0 Å². The van der Waals surface area contributed by atoms with Gasteiger partial charge in [0.25, 0.3) is 0 Å². The molecule has 1 aliphatic carbocycles. The zero-order valence-electron chi connectivity index (χ0n) is 13.6. The van der Waals surface area contributed by atoms with Crippen LogP contribution in [-0.4, -0.2) is 0 Å². The van der Waals surface area contributed by atoms with E-state index >= 15 is 0 Å². The fourth-order valence-corrected chi connectivity index (χ4v) is 2.85. The third-order valence-corrected chi connectivity index (χ3v) is 4.29. The second-order valence-corrected chi connectivity index (χ2v) is 7.14. The van der Waals surface area contributed by atoms with Gasteiger partial charge in [0.15, 0.2) is 0 Å². The molecule has 0 N–H and O–H groups in total. The first-order valence-corrected chi connectivity index (χ1v) is 7.43. The average molecular weight is 266 g/mol. The summed E-state index contributed by atoms with van der Waals surface area (Å²) in [4.78, 5) is 0. The molecule has 0 heteroatoms. The second kappa shape index (κ2) is 5.09. The number of hydrogen-bond acceptors (Lipinski definition) is 0. The van der Waals surface area contributed by atoms with Crippen LogP contribution in [0.1, 0.15) is 52.7 Å². The predicted molar refractivity (Wildman–Crippen MR) is 89.8 cm³/mol. The quantitative estimate of drug-likeness (QED) is 0.547. The summed E-state index contributed by atoms with van der Waals surface area (Å²) in [6.07, 6.45) is 9.16. The van der Waals surface area contributed by atoms with Gasteiger partial charge in [-0.25, -0.2) is 0 Å². The van der Waals surface area contributed by atoms with E-state index < -0.39 is 0 Å². The minimum Gasteiger partial charge on any atom is -0.0835 e. The normalized spacial score (nSPS) is 24.3. The van der Waals surface area contributed by atoms with E-state index in [9.17, 15) is 0 Å². The molecule has 0 saturated heterocycles. The SMILES string of the molecule is C/C=C1/C=C(C(C)(C)C)\C=C/c2ccccc2C1(C)C. The highest BCUT2D eigenvalue weighted by Gasteiger charge is 2.28. The molecule has 0 fully saturated rings. The maximum atomic E-state index is 2.37. The van der Waals surface area contributed by atoms with E-state index in [1.165, 1.54) is 22.3 Å². The summed E-state index contributed by atoms with van der Waals surface area (Å²) in [6.45, 7) is 13.6. The minimum atomic E-state index is 0.0343. The molecule has 20 heavy (non-hydrogen) atoms. The third kappa shape index (κ3) is 2.65. The molecule has 0 nitrogen and oxygen atoms in total. The van der Waals surface area contributed by atoms with Crippen LogP contribution < -0.4 is 0 Å². The van der Waals surface area contributed by atoms with Crippen molar-refractivity contribution in [2.45, 2.75) is 47.0 Å². The molecule has 1 aliphatic rings. The number of benzene rings is 1. The van der Waals surface area contributed by atoms with E-state index in [1.807, 2.05) is 0 Å². The Hall–Kier alpha value is -1.56. The van der Waals surface area contributed by atoms with Crippen LogP contribution in [-0.2, 0) is 5.41 Å². The molecule has 0 atom stereocenters. The van der Waals surface area contributed by atoms with Crippen LogP contribution in [0.2, 0.25) is 0 Å². The van der Waals surface area contributed by atoms with Crippen LogP contribution in [0.3, 0.4) is 0 Å². The number of allylic oxidation sites excluding steroid dienone is 5. The summed E-state index contributed by atoms with van der Waals surface area (Å²) in [5.41, 5.74) is 5.69. The maximum absolute atomic E-state index is 2.37. The highest BCUT2D eigenvalue weighted by molar-refractivity contribution is 5.63. The first-order valence-electron chi connectivity index (χ1n) is 7.43. The van der Waals surface area contributed by atoms with Crippen molar-refractivity contribution in [2.24, 2.45) is 5.41 Å². The molecule has 0 heterocycles. The lowest BCUT2D eigenvalue weighted by Gasteiger charge is -2.32. The smallest absolute Gasteiger partial charge is 0.0149 e. The Morgan fingerprint density at radius 2 is 1.65 bits per heavy atom. The lowest BCUT2D eigenvalue weighted by molar-refractivity contribution is 0.514. The Labute approximate surface area is 123 Å². The number of rotatable bonds is 0. The minimum absolute atomic E-state index is 0.0343. The summed E-state index contributed by atoms with van der Waals surface area (Å²) in [5, 5.41) is 0. The Balaban J connectivity index is 2.72. The fourth-order valence-electron chi connectivity index (χ4n) is 2.85. The van der Waals surface area contributed by atoms with Crippen molar-refractivity contribution >= 4 is 6.08 Å². The molecule has 2 rings (SSSR count). The number of hydrogen-bond donors (Lipinski definition) is 0. The van der Waals surface area contributed by atoms with E-state index in [0.29, 0.717) is 0 Å². The van der Waals surface area contributed by atoms with Gasteiger partial charge in [-0.2, -0.15) is 0 Å². The highest BCUT2D eigenvalue weighted by atomic mass is 14.3. The molecule has 0 aliphatic heterocycles.